The van der Waals surface area contributed by atoms with Crippen molar-refractivity contribution in [2.45, 2.75) is 25.3 Å². The third-order valence-corrected chi connectivity index (χ3v) is 4.73. The van der Waals surface area contributed by atoms with Crippen molar-refractivity contribution in [3.05, 3.63) is 53.6 Å². The fraction of sp³-hybridized carbons (Fsp3) is 0.400. The molecule has 0 radical (unpaired) electrons. The van der Waals surface area contributed by atoms with Crippen molar-refractivity contribution in [1.29, 1.82) is 0 Å². The number of hydrogen-bond donors (Lipinski definition) is 1. The van der Waals surface area contributed by atoms with Crippen LogP contribution in [0.1, 0.15) is 36.4 Å². The van der Waals surface area contributed by atoms with Gasteiger partial charge in [0.2, 0.25) is 0 Å². The molecule has 1 saturated carbocycles. The first kappa shape index (κ1) is 16.7. The van der Waals surface area contributed by atoms with Crippen molar-refractivity contribution in [2.75, 3.05) is 20.8 Å². The van der Waals surface area contributed by atoms with Crippen molar-refractivity contribution in [2.24, 2.45) is 11.7 Å². The molecule has 1 unspecified atom stereocenters. The van der Waals surface area contributed by atoms with E-state index in [0.29, 0.717) is 0 Å². The van der Waals surface area contributed by atoms with E-state index in [2.05, 4.69) is 0 Å². The highest BCUT2D eigenvalue weighted by Crippen LogP contribution is 2.32. The molecule has 2 aromatic rings. The number of hydrogen-bond acceptors (Lipinski definition) is 4. The fourth-order valence-corrected chi connectivity index (χ4v) is 2.90. The second kappa shape index (κ2) is 7.58. The lowest BCUT2D eigenvalue weighted by atomic mass is 9.86. The summed E-state index contributed by atoms with van der Waals surface area (Å²) in [4.78, 5) is 0. The SMILES string of the molecule is COc1ccc(C(N)c2ccc(OCC3CCC3)cc2)c(OC)c1. The minimum Gasteiger partial charge on any atom is -0.497 e. The molecule has 1 atom stereocenters. The van der Waals surface area contributed by atoms with Crippen LogP contribution in [0.2, 0.25) is 0 Å². The number of benzene rings is 2. The van der Waals surface area contributed by atoms with Gasteiger partial charge < -0.3 is 19.9 Å². The molecule has 1 aliphatic rings. The maximum absolute atomic E-state index is 6.43. The Morgan fingerprint density at radius 2 is 1.71 bits per heavy atom. The minimum absolute atomic E-state index is 0.258. The van der Waals surface area contributed by atoms with Crippen LogP contribution >= 0.6 is 0 Å². The van der Waals surface area contributed by atoms with Crippen LogP contribution in [0.25, 0.3) is 0 Å². The van der Waals surface area contributed by atoms with Gasteiger partial charge in [0.15, 0.2) is 0 Å². The highest BCUT2D eigenvalue weighted by atomic mass is 16.5. The first-order valence-corrected chi connectivity index (χ1v) is 8.41. The molecule has 4 nitrogen and oxygen atoms in total. The van der Waals surface area contributed by atoms with E-state index < -0.39 is 0 Å². The molecule has 0 aromatic heterocycles. The second-order valence-corrected chi connectivity index (χ2v) is 6.26. The van der Waals surface area contributed by atoms with Gasteiger partial charge in [-0.2, -0.15) is 0 Å². The van der Waals surface area contributed by atoms with E-state index in [-0.39, 0.29) is 6.04 Å². The maximum atomic E-state index is 6.43. The summed E-state index contributed by atoms with van der Waals surface area (Å²) < 4.78 is 16.5. The highest BCUT2D eigenvalue weighted by molar-refractivity contribution is 5.46. The van der Waals surface area contributed by atoms with Crippen molar-refractivity contribution in [3.8, 4) is 17.2 Å². The van der Waals surface area contributed by atoms with Crippen LogP contribution in [0.4, 0.5) is 0 Å². The summed E-state index contributed by atoms with van der Waals surface area (Å²) in [7, 11) is 3.28. The van der Waals surface area contributed by atoms with Gasteiger partial charge in [-0.1, -0.05) is 18.6 Å². The molecule has 1 fully saturated rings. The molecule has 0 bridgehead atoms. The molecule has 1 aliphatic carbocycles. The lowest BCUT2D eigenvalue weighted by molar-refractivity contribution is 0.180. The van der Waals surface area contributed by atoms with Crippen molar-refractivity contribution in [3.63, 3.8) is 0 Å². The van der Waals surface area contributed by atoms with Gasteiger partial charge in [0.05, 0.1) is 26.9 Å². The summed E-state index contributed by atoms with van der Waals surface area (Å²) >= 11 is 0. The lowest BCUT2D eigenvalue weighted by Crippen LogP contribution is -2.19. The molecule has 2 aromatic carbocycles. The molecular formula is C20H25NO3. The smallest absolute Gasteiger partial charge is 0.127 e. The minimum atomic E-state index is -0.258. The zero-order chi connectivity index (χ0) is 16.9. The Labute approximate surface area is 143 Å². The quantitative estimate of drug-likeness (QED) is 0.837. The molecule has 0 saturated heterocycles. The van der Waals surface area contributed by atoms with E-state index in [9.17, 15) is 0 Å². The second-order valence-electron chi connectivity index (χ2n) is 6.26. The Bertz CT molecular complexity index is 665. The first-order valence-electron chi connectivity index (χ1n) is 8.41. The van der Waals surface area contributed by atoms with Gasteiger partial charge in [-0.05, 0) is 48.6 Å². The van der Waals surface area contributed by atoms with Crippen molar-refractivity contribution >= 4 is 0 Å². The summed E-state index contributed by atoms with van der Waals surface area (Å²) in [5.74, 6) is 3.12. The Kier molecular flexibility index (Phi) is 5.26. The molecule has 0 aliphatic heterocycles. The average molecular weight is 327 g/mol. The molecule has 128 valence electrons. The van der Waals surface area contributed by atoms with Gasteiger partial charge in [0, 0.05) is 11.6 Å². The Hall–Kier alpha value is -2.20. The predicted octanol–water partition coefficient (Wildman–Crippen LogP) is 3.93. The normalized spacial score (nSPS) is 15.5. The van der Waals surface area contributed by atoms with Crippen LogP contribution in [0, 0.1) is 5.92 Å². The van der Waals surface area contributed by atoms with Crippen molar-refractivity contribution in [1.82, 2.24) is 0 Å². The maximum Gasteiger partial charge on any atom is 0.127 e. The fourth-order valence-electron chi connectivity index (χ4n) is 2.90. The number of ether oxygens (including phenoxy) is 3. The summed E-state index contributed by atoms with van der Waals surface area (Å²) in [5, 5.41) is 0. The van der Waals surface area contributed by atoms with Crippen molar-refractivity contribution < 1.29 is 14.2 Å². The number of rotatable bonds is 7. The third-order valence-electron chi connectivity index (χ3n) is 4.73. The van der Waals surface area contributed by atoms with Gasteiger partial charge in [0.1, 0.15) is 17.2 Å². The van der Waals surface area contributed by atoms with Crippen LogP contribution in [0.15, 0.2) is 42.5 Å². The van der Waals surface area contributed by atoms with E-state index in [1.807, 2.05) is 42.5 Å². The van der Waals surface area contributed by atoms with Crippen LogP contribution in [0.5, 0.6) is 17.2 Å². The molecule has 3 rings (SSSR count). The lowest BCUT2D eigenvalue weighted by Gasteiger charge is -2.25. The van der Waals surface area contributed by atoms with E-state index in [1.165, 1.54) is 19.3 Å². The predicted molar refractivity (Wildman–Crippen MR) is 94.9 cm³/mol. The van der Waals surface area contributed by atoms with Gasteiger partial charge in [-0.25, -0.2) is 0 Å². The molecule has 0 heterocycles. The van der Waals surface area contributed by atoms with E-state index in [4.69, 9.17) is 19.9 Å². The van der Waals surface area contributed by atoms with Gasteiger partial charge in [-0.15, -0.1) is 0 Å². The van der Waals surface area contributed by atoms with Crippen LogP contribution in [0.3, 0.4) is 0 Å². The molecule has 0 spiro atoms. The molecule has 0 amide bonds. The zero-order valence-corrected chi connectivity index (χ0v) is 14.3. The Balaban J connectivity index is 1.71. The Morgan fingerprint density at radius 3 is 2.29 bits per heavy atom. The van der Waals surface area contributed by atoms with Crippen LogP contribution in [-0.4, -0.2) is 20.8 Å². The van der Waals surface area contributed by atoms with Crippen LogP contribution < -0.4 is 19.9 Å². The number of methoxy groups -OCH3 is 2. The van der Waals surface area contributed by atoms with Gasteiger partial charge in [0.25, 0.3) is 0 Å². The van der Waals surface area contributed by atoms with Gasteiger partial charge in [-0.3, -0.25) is 0 Å². The standard InChI is InChI=1S/C20H25NO3/c1-22-17-10-11-18(19(12-17)23-2)20(21)15-6-8-16(9-7-15)24-13-14-4-3-5-14/h6-12,14,20H,3-5,13,21H2,1-2H3. The van der Waals surface area contributed by atoms with Gasteiger partial charge >= 0.3 is 0 Å². The largest absolute Gasteiger partial charge is 0.497 e. The summed E-state index contributed by atoms with van der Waals surface area (Å²) in [6.45, 7) is 0.817. The average Bonchev–Trinajstić information content (AvgIpc) is 2.59. The first-order chi connectivity index (χ1) is 11.7. The topological polar surface area (TPSA) is 53.7 Å². The molecule has 2 N–H and O–H groups in total. The summed E-state index contributed by atoms with van der Waals surface area (Å²) in [6, 6.07) is 13.5. The molecular weight excluding hydrogens is 302 g/mol. The Morgan fingerprint density at radius 1 is 1.00 bits per heavy atom. The van der Waals surface area contributed by atoms with E-state index >= 15 is 0 Å². The van der Waals surface area contributed by atoms with E-state index in [1.54, 1.807) is 14.2 Å². The number of nitrogens with two attached hydrogens (primary N) is 1. The molecule has 4 heteroatoms. The summed E-state index contributed by atoms with van der Waals surface area (Å²) in [5.41, 5.74) is 8.38. The third kappa shape index (κ3) is 3.65. The zero-order valence-electron chi connectivity index (χ0n) is 14.3. The highest BCUT2D eigenvalue weighted by Gasteiger charge is 2.18. The van der Waals surface area contributed by atoms with E-state index in [0.717, 1.165) is 40.9 Å². The monoisotopic (exact) mass is 327 g/mol. The molecule has 24 heavy (non-hydrogen) atoms. The van der Waals surface area contributed by atoms with Crippen LogP contribution in [-0.2, 0) is 0 Å². The summed E-state index contributed by atoms with van der Waals surface area (Å²) in [6.07, 6.45) is 3.92.